The maximum absolute atomic E-state index is 13.4. The van der Waals surface area contributed by atoms with E-state index >= 15 is 0 Å². The summed E-state index contributed by atoms with van der Waals surface area (Å²) >= 11 is 13.2. The van der Waals surface area contributed by atoms with Crippen LogP contribution in [0.3, 0.4) is 0 Å². The number of aromatic nitrogens is 3. The molecule has 1 aromatic carbocycles. The van der Waals surface area contributed by atoms with Gasteiger partial charge in [0.1, 0.15) is 30.1 Å². The van der Waals surface area contributed by atoms with Crippen LogP contribution < -0.4 is 24.7 Å². The van der Waals surface area contributed by atoms with Crippen LogP contribution in [0.15, 0.2) is 58.7 Å². The molecule has 246 valence electrons. The number of nitrogens with zero attached hydrogens (tertiary/aromatic N) is 7. The van der Waals surface area contributed by atoms with Crippen molar-refractivity contribution in [2.24, 2.45) is 5.16 Å². The van der Waals surface area contributed by atoms with Crippen molar-refractivity contribution in [3.05, 3.63) is 74.6 Å². The molecule has 1 N–H and O–H groups in total. The molecule has 2 fully saturated rings. The number of rotatable bonds is 10. The van der Waals surface area contributed by atoms with E-state index in [1.54, 1.807) is 29.0 Å². The highest BCUT2D eigenvalue weighted by molar-refractivity contribution is 6.34. The molecule has 0 saturated carbocycles. The number of halogens is 2. The molecule has 0 radical (unpaired) electrons. The van der Waals surface area contributed by atoms with Gasteiger partial charge in [0.15, 0.2) is 0 Å². The molecule has 2 saturated heterocycles. The Balaban J connectivity index is 1.39. The van der Waals surface area contributed by atoms with Crippen LogP contribution in [0.2, 0.25) is 10.0 Å². The highest BCUT2D eigenvalue weighted by Crippen LogP contribution is 2.36. The smallest absolute Gasteiger partial charge is 0.341 e. The van der Waals surface area contributed by atoms with E-state index in [2.05, 4.69) is 39.0 Å². The van der Waals surface area contributed by atoms with Gasteiger partial charge in [0.05, 0.1) is 53.5 Å². The van der Waals surface area contributed by atoms with Crippen LogP contribution in [0, 0.1) is 0 Å². The van der Waals surface area contributed by atoms with E-state index in [1.807, 2.05) is 17.0 Å². The Labute approximate surface area is 280 Å². The minimum Gasteiger partial charge on any atom is -0.481 e. The largest absolute Gasteiger partial charge is 0.481 e. The number of aromatic carboxylic acids is 1. The molecule has 47 heavy (non-hydrogen) atoms. The summed E-state index contributed by atoms with van der Waals surface area (Å²) in [4.78, 5) is 45.9. The first-order valence-electron chi connectivity index (χ1n) is 14.8. The molecule has 0 bridgehead atoms. The van der Waals surface area contributed by atoms with Crippen molar-refractivity contribution in [2.45, 2.75) is 18.5 Å². The number of hydrogen-bond donors (Lipinski definition) is 1. The predicted molar refractivity (Wildman–Crippen MR) is 180 cm³/mol. The van der Waals surface area contributed by atoms with Gasteiger partial charge in [0.2, 0.25) is 17.2 Å². The summed E-state index contributed by atoms with van der Waals surface area (Å²) in [6.45, 7) is 2.25. The maximum atomic E-state index is 13.4. The lowest BCUT2D eigenvalue weighted by Crippen LogP contribution is -2.57. The lowest BCUT2D eigenvalue weighted by atomic mass is 10.1. The lowest BCUT2D eigenvalue weighted by molar-refractivity contribution is 0.0695. The van der Waals surface area contributed by atoms with Crippen LogP contribution in [0.25, 0.3) is 16.6 Å². The molecule has 1 atom stereocenters. The van der Waals surface area contributed by atoms with E-state index in [4.69, 9.17) is 37.5 Å². The van der Waals surface area contributed by atoms with E-state index < -0.39 is 11.4 Å². The second-order valence-corrected chi connectivity index (χ2v) is 12.4. The topological polar surface area (TPSA) is 135 Å². The Morgan fingerprint density at radius 2 is 1.91 bits per heavy atom. The summed E-state index contributed by atoms with van der Waals surface area (Å²) in [5.41, 5.74) is 1.36. The number of fused-ring (bicyclic) bond motifs is 1. The molecule has 2 aliphatic heterocycles. The van der Waals surface area contributed by atoms with E-state index in [9.17, 15) is 14.7 Å². The summed E-state index contributed by atoms with van der Waals surface area (Å²) in [5.74, 6) is 0.0486. The fourth-order valence-corrected chi connectivity index (χ4v) is 6.22. The van der Waals surface area contributed by atoms with Crippen LogP contribution in [0.4, 0.5) is 11.5 Å². The van der Waals surface area contributed by atoms with Crippen molar-refractivity contribution in [1.29, 1.82) is 0 Å². The number of anilines is 2. The predicted octanol–water partition coefficient (Wildman–Crippen LogP) is 4.20. The number of pyridine rings is 3. The van der Waals surface area contributed by atoms with Gasteiger partial charge in [-0.05, 0) is 44.4 Å². The monoisotopic (exact) mass is 681 g/mol. The van der Waals surface area contributed by atoms with Crippen molar-refractivity contribution in [3.63, 3.8) is 0 Å². The Kier molecular flexibility index (Phi) is 9.13. The highest BCUT2D eigenvalue weighted by Gasteiger charge is 2.33. The summed E-state index contributed by atoms with van der Waals surface area (Å²) in [5, 5.41) is 14.8. The molecule has 6 rings (SSSR count). The molecule has 5 heterocycles. The number of carboxylic acid groups (broad SMARTS) is 1. The molecule has 13 nitrogen and oxygen atoms in total. The number of carbonyl (C=O) groups is 1. The number of likely N-dealkylation sites (N-methyl/N-ethyl adjacent to an activating group) is 1. The van der Waals surface area contributed by atoms with Crippen LogP contribution in [0.1, 0.15) is 16.8 Å². The SMILES string of the molecule is CO/N=C1\C[C@H](COc2nc(OC)ccc2Cl)N(c2cc3c(cc2Cl)c(=O)c(C(=O)O)cn3-c2ccc(N3CC(N(C)C)C3)nc2)C1. The Bertz CT molecular complexity index is 1910. The molecule has 2 aliphatic rings. The Morgan fingerprint density at radius 3 is 2.57 bits per heavy atom. The molecular formula is C32H33Cl2N7O6. The molecule has 3 aromatic heterocycles. The second kappa shape index (κ2) is 13.3. The third-order valence-electron chi connectivity index (χ3n) is 8.43. The minimum atomic E-state index is -1.34. The van der Waals surface area contributed by atoms with Crippen molar-refractivity contribution < 1.29 is 24.2 Å². The van der Waals surface area contributed by atoms with E-state index in [-0.39, 0.29) is 34.5 Å². The summed E-state index contributed by atoms with van der Waals surface area (Å²) in [7, 11) is 7.09. The molecule has 0 unspecified atom stereocenters. The molecule has 0 amide bonds. The van der Waals surface area contributed by atoms with Gasteiger partial charge in [0, 0.05) is 43.2 Å². The van der Waals surface area contributed by atoms with Crippen LogP contribution in [0.5, 0.6) is 11.8 Å². The van der Waals surface area contributed by atoms with Crippen molar-refractivity contribution in [3.8, 4) is 17.4 Å². The highest BCUT2D eigenvalue weighted by atomic mass is 35.5. The second-order valence-electron chi connectivity index (χ2n) is 11.5. The Hall–Kier alpha value is -4.59. The zero-order valence-electron chi connectivity index (χ0n) is 26.2. The third kappa shape index (κ3) is 6.38. The number of ether oxygens (including phenoxy) is 2. The van der Waals surface area contributed by atoms with Gasteiger partial charge < -0.3 is 38.7 Å². The van der Waals surface area contributed by atoms with E-state index in [0.717, 1.165) is 24.6 Å². The normalized spacial score (nSPS) is 17.4. The van der Waals surface area contributed by atoms with E-state index in [0.29, 0.717) is 46.8 Å². The first kappa shape index (κ1) is 32.4. The van der Waals surface area contributed by atoms with Gasteiger partial charge in [-0.2, -0.15) is 4.98 Å². The summed E-state index contributed by atoms with van der Waals surface area (Å²) in [6.07, 6.45) is 3.49. The number of benzene rings is 1. The summed E-state index contributed by atoms with van der Waals surface area (Å²) in [6, 6.07) is 10.5. The van der Waals surface area contributed by atoms with Gasteiger partial charge in [-0.3, -0.25) is 4.79 Å². The molecular weight excluding hydrogens is 649 g/mol. The molecule has 4 aromatic rings. The van der Waals surface area contributed by atoms with Crippen molar-refractivity contribution in [1.82, 2.24) is 19.4 Å². The molecule has 15 heteroatoms. The average Bonchev–Trinajstić information content (AvgIpc) is 3.42. The summed E-state index contributed by atoms with van der Waals surface area (Å²) < 4.78 is 12.9. The van der Waals surface area contributed by atoms with Gasteiger partial charge >= 0.3 is 5.97 Å². The van der Waals surface area contributed by atoms with Crippen LogP contribution >= 0.6 is 23.2 Å². The molecule has 0 aliphatic carbocycles. The third-order valence-corrected chi connectivity index (χ3v) is 9.02. The maximum Gasteiger partial charge on any atom is 0.341 e. The van der Waals surface area contributed by atoms with E-state index in [1.165, 1.54) is 26.5 Å². The standard InChI is InChI=1S/C32H33Cl2N7O6/c1-38(2)21-14-39(15-21)28-7-5-19(12-35-28)41-16-23(32(43)44)30(42)22-10-25(34)27(11-26(22)41)40-13-18(37-46-4)9-20(40)17-47-31-24(33)6-8-29(36-31)45-3/h5-8,10-12,16,20-21H,9,13-15,17H2,1-4H3,(H,43,44)/b37-18+/t20-/m1/s1. The fraction of sp³-hybridized carbons (Fsp3) is 0.344. The first-order chi connectivity index (χ1) is 22.6. The van der Waals surface area contributed by atoms with Gasteiger partial charge in [-0.1, -0.05) is 28.4 Å². The number of carboxylic acids is 1. The fourth-order valence-electron chi connectivity index (χ4n) is 5.79. The lowest BCUT2D eigenvalue weighted by Gasteiger charge is -2.43. The van der Waals surface area contributed by atoms with Crippen molar-refractivity contribution >= 4 is 57.3 Å². The zero-order valence-corrected chi connectivity index (χ0v) is 27.7. The minimum absolute atomic E-state index is 0.157. The first-order valence-corrected chi connectivity index (χ1v) is 15.5. The Morgan fingerprint density at radius 1 is 1.13 bits per heavy atom. The quantitative estimate of drug-likeness (QED) is 0.241. The van der Waals surface area contributed by atoms with Gasteiger partial charge in [0.25, 0.3) is 0 Å². The van der Waals surface area contributed by atoms with Crippen molar-refractivity contribution in [2.75, 3.05) is 64.4 Å². The average molecular weight is 683 g/mol. The number of methoxy groups -OCH3 is 1. The zero-order chi connectivity index (χ0) is 33.4. The number of oxime groups is 1. The molecule has 0 spiro atoms. The van der Waals surface area contributed by atoms with Crippen LogP contribution in [-0.2, 0) is 4.84 Å². The van der Waals surface area contributed by atoms with Gasteiger partial charge in [-0.15, -0.1) is 0 Å². The number of hydrogen-bond acceptors (Lipinski definition) is 11. The van der Waals surface area contributed by atoms with Gasteiger partial charge in [-0.25, -0.2) is 9.78 Å². The van der Waals surface area contributed by atoms with Crippen LogP contribution in [-0.4, -0.2) is 103 Å².